The first kappa shape index (κ1) is 18.3. The summed E-state index contributed by atoms with van der Waals surface area (Å²) in [5, 5.41) is 9.70. The lowest BCUT2D eigenvalue weighted by Crippen LogP contribution is -2.36. The fourth-order valence-corrected chi connectivity index (χ4v) is 2.12. The average Bonchev–Trinajstić information content (AvgIpc) is 2.96. The molecule has 2 rings (SSSR count). The zero-order valence-electron chi connectivity index (χ0n) is 12.7. The zero-order valence-corrected chi connectivity index (χ0v) is 13.4. The second-order valence-electron chi connectivity index (χ2n) is 5.17. The standard InChI is InChI=1S/C15H15ClF3N3O2/c1-9(7-24-8-15(17,18)19)21-14(23)12-6-20-22-13(12)10-2-4-11(16)5-3-10/h2-6,9H,7-8H2,1H3,(H,20,22)(H,21,23). The van der Waals surface area contributed by atoms with E-state index in [1.165, 1.54) is 6.20 Å². The van der Waals surface area contributed by atoms with E-state index in [1.807, 2.05) is 0 Å². The number of nitrogens with zero attached hydrogens (tertiary/aromatic N) is 1. The number of alkyl halides is 3. The Morgan fingerprint density at radius 1 is 1.38 bits per heavy atom. The molecule has 0 fully saturated rings. The molecule has 0 bridgehead atoms. The number of aromatic nitrogens is 2. The summed E-state index contributed by atoms with van der Waals surface area (Å²) in [5.74, 6) is -0.461. The predicted molar refractivity (Wildman–Crippen MR) is 82.8 cm³/mol. The van der Waals surface area contributed by atoms with Crippen molar-refractivity contribution in [3.63, 3.8) is 0 Å². The summed E-state index contributed by atoms with van der Waals surface area (Å²) in [5.41, 5.74) is 1.48. The van der Waals surface area contributed by atoms with Gasteiger partial charge in [0.25, 0.3) is 5.91 Å². The number of carbonyl (C=O) groups excluding carboxylic acids is 1. The lowest BCUT2D eigenvalue weighted by Gasteiger charge is -2.15. The fourth-order valence-electron chi connectivity index (χ4n) is 1.99. The van der Waals surface area contributed by atoms with E-state index in [2.05, 4.69) is 20.3 Å². The van der Waals surface area contributed by atoms with Crippen LogP contribution in [0.2, 0.25) is 5.02 Å². The molecule has 9 heteroatoms. The molecule has 0 aliphatic heterocycles. The van der Waals surface area contributed by atoms with Crippen LogP contribution in [0.15, 0.2) is 30.5 Å². The topological polar surface area (TPSA) is 67.0 Å². The van der Waals surface area contributed by atoms with Gasteiger partial charge in [-0.2, -0.15) is 18.3 Å². The monoisotopic (exact) mass is 361 g/mol. The maximum atomic E-state index is 12.3. The number of aromatic amines is 1. The second-order valence-corrected chi connectivity index (χ2v) is 5.61. The van der Waals surface area contributed by atoms with Crippen molar-refractivity contribution in [2.45, 2.75) is 19.1 Å². The van der Waals surface area contributed by atoms with E-state index < -0.39 is 24.7 Å². The maximum absolute atomic E-state index is 12.3. The number of halogens is 4. The number of ether oxygens (including phenoxy) is 1. The van der Waals surface area contributed by atoms with E-state index in [4.69, 9.17) is 11.6 Å². The van der Waals surface area contributed by atoms with E-state index in [1.54, 1.807) is 31.2 Å². The minimum absolute atomic E-state index is 0.251. The van der Waals surface area contributed by atoms with Gasteiger partial charge in [-0.15, -0.1) is 0 Å². The third-order valence-electron chi connectivity index (χ3n) is 3.03. The molecular formula is C15H15ClF3N3O2. The minimum Gasteiger partial charge on any atom is -0.370 e. The van der Waals surface area contributed by atoms with Crippen LogP contribution in [-0.2, 0) is 4.74 Å². The Balaban J connectivity index is 1.98. The van der Waals surface area contributed by atoms with Gasteiger partial charge in [0.15, 0.2) is 0 Å². The summed E-state index contributed by atoms with van der Waals surface area (Å²) in [4.78, 5) is 12.3. The van der Waals surface area contributed by atoms with Crippen LogP contribution in [0.25, 0.3) is 11.3 Å². The molecule has 1 amide bonds. The molecule has 1 unspecified atom stereocenters. The first-order valence-corrected chi connectivity index (χ1v) is 7.39. The molecule has 1 heterocycles. The first-order chi connectivity index (χ1) is 11.3. The SMILES string of the molecule is CC(COCC(F)(F)F)NC(=O)c1cn[nH]c1-c1ccc(Cl)cc1. The van der Waals surface area contributed by atoms with Crippen LogP contribution >= 0.6 is 11.6 Å². The molecule has 1 aromatic carbocycles. The number of nitrogens with one attached hydrogen (secondary N) is 2. The molecule has 24 heavy (non-hydrogen) atoms. The highest BCUT2D eigenvalue weighted by atomic mass is 35.5. The summed E-state index contributed by atoms with van der Waals surface area (Å²) in [6.07, 6.45) is -3.04. The Hall–Kier alpha value is -2.06. The van der Waals surface area contributed by atoms with Gasteiger partial charge in [0.05, 0.1) is 24.1 Å². The first-order valence-electron chi connectivity index (χ1n) is 7.01. The smallest absolute Gasteiger partial charge is 0.370 e. The van der Waals surface area contributed by atoms with Crippen LogP contribution in [0.4, 0.5) is 13.2 Å². The van der Waals surface area contributed by atoms with E-state index in [9.17, 15) is 18.0 Å². The lowest BCUT2D eigenvalue weighted by atomic mass is 10.1. The predicted octanol–water partition coefficient (Wildman–Crippen LogP) is 3.43. The number of hydrogen-bond acceptors (Lipinski definition) is 3. The Labute approximate surface area is 141 Å². The normalized spacial score (nSPS) is 12.9. The van der Waals surface area contributed by atoms with Crippen LogP contribution < -0.4 is 5.32 Å². The highest BCUT2D eigenvalue weighted by Crippen LogP contribution is 2.23. The Morgan fingerprint density at radius 2 is 2.04 bits per heavy atom. The quantitative estimate of drug-likeness (QED) is 0.828. The van der Waals surface area contributed by atoms with Gasteiger partial charge in [0, 0.05) is 16.6 Å². The third-order valence-corrected chi connectivity index (χ3v) is 3.28. The van der Waals surface area contributed by atoms with Gasteiger partial charge >= 0.3 is 6.18 Å². The van der Waals surface area contributed by atoms with Crippen LogP contribution in [-0.4, -0.2) is 41.5 Å². The highest BCUT2D eigenvalue weighted by Gasteiger charge is 2.27. The van der Waals surface area contributed by atoms with Crippen molar-refractivity contribution in [1.82, 2.24) is 15.5 Å². The van der Waals surface area contributed by atoms with Gasteiger partial charge in [-0.25, -0.2) is 0 Å². The Morgan fingerprint density at radius 3 is 2.67 bits per heavy atom. The molecule has 0 aliphatic carbocycles. The van der Waals surface area contributed by atoms with Gasteiger partial charge < -0.3 is 10.1 Å². The number of rotatable bonds is 6. The molecule has 0 radical (unpaired) electrons. The van der Waals surface area contributed by atoms with Gasteiger partial charge in [-0.05, 0) is 19.1 Å². The van der Waals surface area contributed by atoms with Gasteiger partial charge in [-0.3, -0.25) is 9.89 Å². The van der Waals surface area contributed by atoms with E-state index in [0.717, 1.165) is 0 Å². The molecule has 2 aromatic rings. The van der Waals surface area contributed by atoms with Crippen molar-refractivity contribution < 1.29 is 22.7 Å². The summed E-state index contributed by atoms with van der Waals surface area (Å²) in [7, 11) is 0. The van der Waals surface area contributed by atoms with Gasteiger partial charge in [-0.1, -0.05) is 23.7 Å². The molecule has 0 saturated carbocycles. The van der Waals surface area contributed by atoms with Crippen LogP contribution in [0.3, 0.4) is 0 Å². The lowest BCUT2D eigenvalue weighted by molar-refractivity contribution is -0.174. The summed E-state index contributed by atoms with van der Waals surface area (Å²) in [6, 6.07) is 6.21. The zero-order chi connectivity index (χ0) is 17.7. The van der Waals surface area contributed by atoms with E-state index in [-0.39, 0.29) is 12.2 Å². The molecule has 1 atom stereocenters. The largest absolute Gasteiger partial charge is 0.411 e. The van der Waals surface area contributed by atoms with Crippen molar-refractivity contribution in [2.24, 2.45) is 0 Å². The Kier molecular flexibility index (Phi) is 5.84. The average molecular weight is 362 g/mol. The molecule has 2 N–H and O–H groups in total. The highest BCUT2D eigenvalue weighted by molar-refractivity contribution is 6.30. The third kappa shape index (κ3) is 5.24. The summed E-state index contributed by atoms with van der Waals surface area (Å²) >= 11 is 5.83. The van der Waals surface area contributed by atoms with Gasteiger partial charge in [0.2, 0.25) is 0 Å². The summed E-state index contributed by atoms with van der Waals surface area (Å²) < 4.78 is 40.6. The van der Waals surface area contributed by atoms with Crippen molar-refractivity contribution in [1.29, 1.82) is 0 Å². The number of carbonyl (C=O) groups is 1. The van der Waals surface area contributed by atoms with E-state index >= 15 is 0 Å². The summed E-state index contributed by atoms with van der Waals surface area (Å²) in [6.45, 7) is -0.0509. The molecule has 0 aliphatic rings. The molecule has 0 spiro atoms. The van der Waals surface area contributed by atoms with Crippen molar-refractivity contribution in [2.75, 3.05) is 13.2 Å². The molecule has 130 valence electrons. The van der Waals surface area contributed by atoms with Crippen LogP contribution in [0.5, 0.6) is 0 Å². The number of amides is 1. The van der Waals surface area contributed by atoms with Crippen molar-refractivity contribution in [3.05, 3.63) is 41.0 Å². The van der Waals surface area contributed by atoms with Crippen LogP contribution in [0.1, 0.15) is 17.3 Å². The number of H-pyrrole nitrogens is 1. The fraction of sp³-hybridized carbons (Fsp3) is 0.333. The minimum atomic E-state index is -4.39. The number of hydrogen-bond donors (Lipinski definition) is 2. The van der Waals surface area contributed by atoms with Crippen molar-refractivity contribution in [3.8, 4) is 11.3 Å². The second kappa shape index (κ2) is 7.67. The molecule has 5 nitrogen and oxygen atoms in total. The van der Waals surface area contributed by atoms with Crippen molar-refractivity contribution >= 4 is 17.5 Å². The van der Waals surface area contributed by atoms with Gasteiger partial charge in [0.1, 0.15) is 6.61 Å². The number of benzene rings is 1. The molecule has 1 aromatic heterocycles. The van der Waals surface area contributed by atoms with Crippen LogP contribution in [0, 0.1) is 0 Å². The molecule has 0 saturated heterocycles. The van der Waals surface area contributed by atoms with E-state index in [0.29, 0.717) is 16.3 Å². The Bertz CT molecular complexity index is 686. The maximum Gasteiger partial charge on any atom is 0.411 e. The molecular weight excluding hydrogens is 347 g/mol.